The Bertz CT molecular complexity index is 615. The molecule has 0 saturated carbocycles. The monoisotopic (exact) mass is 264 g/mol. The van der Waals surface area contributed by atoms with Gasteiger partial charge < -0.3 is 4.74 Å². The number of ether oxygens (including phenoxy) is 1. The van der Waals surface area contributed by atoms with Gasteiger partial charge in [0, 0.05) is 5.56 Å². The van der Waals surface area contributed by atoms with Crippen LogP contribution in [-0.4, -0.2) is 6.61 Å². The van der Waals surface area contributed by atoms with E-state index < -0.39 is 0 Å². The molecule has 20 heavy (non-hydrogen) atoms. The zero-order valence-corrected chi connectivity index (χ0v) is 12.3. The van der Waals surface area contributed by atoms with Crippen LogP contribution in [0.3, 0.4) is 0 Å². The molecule has 0 radical (unpaired) electrons. The van der Waals surface area contributed by atoms with Crippen LogP contribution in [0.4, 0.5) is 0 Å². The molecule has 0 saturated heterocycles. The molecular formula is C19H20O. The van der Waals surface area contributed by atoms with E-state index in [2.05, 4.69) is 50.8 Å². The van der Waals surface area contributed by atoms with Crippen LogP contribution < -0.4 is 4.74 Å². The summed E-state index contributed by atoms with van der Waals surface area (Å²) < 4.78 is 5.78. The maximum absolute atomic E-state index is 5.78. The Labute approximate surface area is 121 Å². The summed E-state index contributed by atoms with van der Waals surface area (Å²) in [6.07, 6.45) is 0. The molecule has 2 aromatic rings. The average Bonchev–Trinajstić information content (AvgIpc) is 2.46. The normalized spacial score (nSPS) is 10.0. The number of aryl methyl sites for hydroxylation is 1. The van der Waals surface area contributed by atoms with Crippen LogP contribution in [0, 0.1) is 18.8 Å². The van der Waals surface area contributed by atoms with E-state index in [0.29, 0.717) is 12.5 Å². The Morgan fingerprint density at radius 3 is 2.50 bits per heavy atom. The van der Waals surface area contributed by atoms with E-state index in [0.717, 1.165) is 16.9 Å². The van der Waals surface area contributed by atoms with Crippen molar-refractivity contribution in [3.8, 4) is 17.6 Å². The Morgan fingerprint density at radius 1 is 1.05 bits per heavy atom. The number of rotatable bonds is 3. The second-order valence-corrected chi connectivity index (χ2v) is 5.14. The zero-order valence-electron chi connectivity index (χ0n) is 12.3. The average molecular weight is 264 g/mol. The zero-order chi connectivity index (χ0) is 14.4. The maximum Gasteiger partial charge on any atom is 0.149 e. The molecule has 0 spiro atoms. The minimum Gasteiger partial charge on any atom is -0.481 e. The molecule has 2 rings (SSSR count). The first-order valence-corrected chi connectivity index (χ1v) is 6.94. The van der Waals surface area contributed by atoms with Crippen LogP contribution in [0.25, 0.3) is 0 Å². The summed E-state index contributed by atoms with van der Waals surface area (Å²) in [4.78, 5) is 0. The molecule has 0 N–H and O–H groups in total. The molecule has 102 valence electrons. The molecule has 1 nitrogen and oxygen atoms in total. The summed E-state index contributed by atoms with van der Waals surface area (Å²) in [5.41, 5.74) is 3.46. The molecular weight excluding hydrogens is 244 g/mol. The van der Waals surface area contributed by atoms with Crippen LogP contribution in [-0.2, 0) is 0 Å². The summed E-state index contributed by atoms with van der Waals surface area (Å²) >= 11 is 0. The lowest BCUT2D eigenvalue weighted by Crippen LogP contribution is -1.98. The molecule has 0 bridgehead atoms. The Morgan fingerprint density at radius 2 is 1.80 bits per heavy atom. The van der Waals surface area contributed by atoms with Crippen LogP contribution in [0.1, 0.15) is 36.5 Å². The van der Waals surface area contributed by atoms with Crippen molar-refractivity contribution in [2.75, 3.05) is 6.61 Å². The molecule has 1 heteroatoms. The highest BCUT2D eigenvalue weighted by molar-refractivity contribution is 5.38. The van der Waals surface area contributed by atoms with Crippen molar-refractivity contribution in [2.24, 2.45) is 0 Å². The maximum atomic E-state index is 5.78. The highest BCUT2D eigenvalue weighted by Gasteiger charge is 2.03. The van der Waals surface area contributed by atoms with E-state index in [4.69, 9.17) is 4.74 Å². The van der Waals surface area contributed by atoms with Gasteiger partial charge in [0.25, 0.3) is 0 Å². The number of hydrogen-bond donors (Lipinski definition) is 0. The molecule has 0 atom stereocenters. The summed E-state index contributed by atoms with van der Waals surface area (Å²) in [5, 5.41) is 0. The highest BCUT2D eigenvalue weighted by Crippen LogP contribution is 2.24. The lowest BCUT2D eigenvalue weighted by atomic mass is 10.0. The quantitative estimate of drug-likeness (QED) is 0.739. The molecule has 0 aliphatic carbocycles. The third-order valence-electron chi connectivity index (χ3n) is 3.19. The smallest absolute Gasteiger partial charge is 0.149 e. The first kappa shape index (κ1) is 14.2. The Balaban J connectivity index is 2.01. The Kier molecular flexibility index (Phi) is 4.85. The second kappa shape index (κ2) is 6.82. The summed E-state index contributed by atoms with van der Waals surface area (Å²) in [7, 11) is 0. The van der Waals surface area contributed by atoms with Crippen molar-refractivity contribution in [1.82, 2.24) is 0 Å². The molecule has 0 aliphatic heterocycles. The largest absolute Gasteiger partial charge is 0.481 e. The van der Waals surface area contributed by atoms with Crippen molar-refractivity contribution in [3.63, 3.8) is 0 Å². The SMILES string of the molecule is Cc1ccc(C(C)C)cc1OCC#Cc1ccccc1. The topological polar surface area (TPSA) is 9.23 Å². The lowest BCUT2D eigenvalue weighted by Gasteiger charge is -2.11. The third-order valence-corrected chi connectivity index (χ3v) is 3.19. The van der Waals surface area contributed by atoms with Gasteiger partial charge >= 0.3 is 0 Å². The molecule has 0 fully saturated rings. The summed E-state index contributed by atoms with van der Waals surface area (Å²) in [6.45, 7) is 6.84. The molecule has 0 unspecified atom stereocenters. The van der Waals surface area contributed by atoms with Gasteiger partial charge in [-0.3, -0.25) is 0 Å². The highest BCUT2D eigenvalue weighted by atomic mass is 16.5. The van der Waals surface area contributed by atoms with E-state index >= 15 is 0 Å². The Hall–Kier alpha value is -2.20. The van der Waals surface area contributed by atoms with Gasteiger partial charge in [0.1, 0.15) is 12.4 Å². The van der Waals surface area contributed by atoms with Crippen LogP contribution in [0.5, 0.6) is 5.75 Å². The van der Waals surface area contributed by atoms with Crippen LogP contribution in [0.2, 0.25) is 0 Å². The van der Waals surface area contributed by atoms with E-state index in [1.54, 1.807) is 0 Å². The summed E-state index contributed by atoms with van der Waals surface area (Å²) in [5.74, 6) is 7.59. The molecule has 0 aliphatic rings. The molecule has 2 aromatic carbocycles. The minimum absolute atomic E-state index is 0.414. The van der Waals surface area contributed by atoms with Gasteiger partial charge in [-0.1, -0.05) is 56.0 Å². The standard InChI is InChI=1S/C19H20O/c1-15(2)18-12-11-16(3)19(14-18)20-13-7-10-17-8-5-4-6-9-17/h4-6,8-9,11-12,14-15H,13H2,1-3H3. The van der Waals surface area contributed by atoms with Gasteiger partial charge in [-0.25, -0.2) is 0 Å². The van der Waals surface area contributed by atoms with Crippen molar-refractivity contribution < 1.29 is 4.74 Å². The van der Waals surface area contributed by atoms with Gasteiger partial charge in [-0.05, 0) is 42.2 Å². The van der Waals surface area contributed by atoms with E-state index in [1.807, 2.05) is 30.3 Å². The molecule has 0 amide bonds. The number of hydrogen-bond acceptors (Lipinski definition) is 1. The van der Waals surface area contributed by atoms with Gasteiger partial charge in [0.05, 0.1) is 0 Å². The fraction of sp³-hybridized carbons (Fsp3) is 0.263. The molecule has 0 aromatic heterocycles. The van der Waals surface area contributed by atoms with Crippen molar-refractivity contribution in [3.05, 3.63) is 65.2 Å². The molecule has 0 heterocycles. The van der Waals surface area contributed by atoms with E-state index in [-0.39, 0.29) is 0 Å². The number of benzene rings is 2. The first-order valence-electron chi connectivity index (χ1n) is 6.94. The van der Waals surface area contributed by atoms with Gasteiger partial charge in [-0.2, -0.15) is 0 Å². The van der Waals surface area contributed by atoms with Gasteiger partial charge in [0.15, 0.2) is 0 Å². The van der Waals surface area contributed by atoms with Crippen molar-refractivity contribution >= 4 is 0 Å². The first-order chi connectivity index (χ1) is 9.66. The summed E-state index contributed by atoms with van der Waals surface area (Å²) in [6, 6.07) is 16.3. The third kappa shape index (κ3) is 3.90. The fourth-order valence-corrected chi connectivity index (χ4v) is 1.90. The minimum atomic E-state index is 0.414. The van der Waals surface area contributed by atoms with Gasteiger partial charge in [-0.15, -0.1) is 0 Å². The van der Waals surface area contributed by atoms with Crippen LogP contribution >= 0.6 is 0 Å². The van der Waals surface area contributed by atoms with Crippen molar-refractivity contribution in [2.45, 2.75) is 26.7 Å². The van der Waals surface area contributed by atoms with E-state index in [1.165, 1.54) is 5.56 Å². The van der Waals surface area contributed by atoms with Crippen molar-refractivity contribution in [1.29, 1.82) is 0 Å². The predicted octanol–water partition coefficient (Wildman–Crippen LogP) is 4.55. The van der Waals surface area contributed by atoms with Crippen LogP contribution in [0.15, 0.2) is 48.5 Å². The fourth-order valence-electron chi connectivity index (χ4n) is 1.90. The van der Waals surface area contributed by atoms with E-state index in [9.17, 15) is 0 Å². The second-order valence-electron chi connectivity index (χ2n) is 5.14. The van der Waals surface area contributed by atoms with Gasteiger partial charge in [0.2, 0.25) is 0 Å². The lowest BCUT2D eigenvalue weighted by molar-refractivity contribution is 0.367. The predicted molar refractivity (Wildman–Crippen MR) is 84.1 cm³/mol.